The standard InChI is InChI=1S/C17H29N3O3S.HI/c1-3-23-13-7-11-19-17(18-2)20-12-8-14-24(21,22)15-16-9-5-4-6-10-16;/h4-6,9-10H,3,7-8,11-15H2,1-2H3,(H2,18,19,20);1H. The molecule has 144 valence electrons. The van der Waals surface area contributed by atoms with Crippen molar-refractivity contribution in [1.29, 1.82) is 0 Å². The predicted octanol–water partition coefficient (Wildman–Crippen LogP) is 2.20. The first-order valence-electron chi connectivity index (χ1n) is 8.34. The zero-order chi connectivity index (χ0) is 17.7. The van der Waals surface area contributed by atoms with Gasteiger partial charge in [0.15, 0.2) is 15.8 Å². The summed E-state index contributed by atoms with van der Waals surface area (Å²) in [4.78, 5) is 4.11. The van der Waals surface area contributed by atoms with Crippen molar-refractivity contribution in [2.24, 2.45) is 4.99 Å². The molecule has 0 fully saturated rings. The number of nitrogens with one attached hydrogen (secondary N) is 2. The van der Waals surface area contributed by atoms with Gasteiger partial charge in [0.25, 0.3) is 0 Å². The van der Waals surface area contributed by atoms with E-state index in [4.69, 9.17) is 4.74 Å². The van der Waals surface area contributed by atoms with Crippen molar-refractivity contribution < 1.29 is 13.2 Å². The average Bonchev–Trinajstić information content (AvgIpc) is 2.57. The molecule has 25 heavy (non-hydrogen) atoms. The predicted molar refractivity (Wildman–Crippen MR) is 114 cm³/mol. The molecule has 0 saturated carbocycles. The molecule has 0 heterocycles. The highest BCUT2D eigenvalue weighted by atomic mass is 127. The molecule has 0 aliphatic heterocycles. The van der Waals surface area contributed by atoms with E-state index in [0.29, 0.717) is 18.9 Å². The minimum atomic E-state index is -3.08. The molecule has 0 bridgehead atoms. The Labute approximate surface area is 168 Å². The van der Waals surface area contributed by atoms with E-state index < -0.39 is 9.84 Å². The molecule has 6 nitrogen and oxygen atoms in total. The number of aliphatic imine (C=N–C) groups is 1. The van der Waals surface area contributed by atoms with Crippen molar-refractivity contribution in [1.82, 2.24) is 10.6 Å². The number of halogens is 1. The third-order valence-corrected chi connectivity index (χ3v) is 5.02. The van der Waals surface area contributed by atoms with Crippen LogP contribution in [0.2, 0.25) is 0 Å². The number of rotatable bonds is 11. The van der Waals surface area contributed by atoms with E-state index in [1.165, 1.54) is 0 Å². The number of sulfone groups is 1. The number of ether oxygens (including phenoxy) is 1. The van der Waals surface area contributed by atoms with Crippen LogP contribution in [-0.4, -0.2) is 53.5 Å². The largest absolute Gasteiger partial charge is 0.382 e. The van der Waals surface area contributed by atoms with E-state index in [9.17, 15) is 8.42 Å². The number of benzene rings is 1. The SMILES string of the molecule is CCOCCCNC(=NC)NCCCS(=O)(=O)Cc1ccccc1.I. The summed E-state index contributed by atoms with van der Waals surface area (Å²) in [5, 5.41) is 6.31. The first-order chi connectivity index (χ1) is 11.6. The summed E-state index contributed by atoms with van der Waals surface area (Å²) in [6.07, 6.45) is 1.45. The van der Waals surface area contributed by atoms with Crippen LogP contribution in [0.25, 0.3) is 0 Å². The molecule has 0 atom stereocenters. The summed E-state index contributed by atoms with van der Waals surface area (Å²) < 4.78 is 29.5. The fourth-order valence-corrected chi connectivity index (χ4v) is 3.57. The Morgan fingerprint density at radius 2 is 1.76 bits per heavy atom. The molecule has 1 aromatic carbocycles. The van der Waals surface area contributed by atoms with Crippen molar-refractivity contribution >= 4 is 39.8 Å². The molecule has 0 amide bonds. The monoisotopic (exact) mass is 483 g/mol. The van der Waals surface area contributed by atoms with E-state index >= 15 is 0 Å². The molecule has 1 aromatic rings. The topological polar surface area (TPSA) is 79.8 Å². The summed E-state index contributed by atoms with van der Waals surface area (Å²) in [7, 11) is -1.38. The molecule has 0 aromatic heterocycles. The van der Waals surface area contributed by atoms with Crippen LogP contribution in [-0.2, 0) is 20.3 Å². The Morgan fingerprint density at radius 3 is 2.36 bits per heavy atom. The molecule has 2 N–H and O–H groups in total. The van der Waals surface area contributed by atoms with Crippen LogP contribution in [0.4, 0.5) is 0 Å². The Kier molecular flexibility index (Phi) is 13.8. The van der Waals surface area contributed by atoms with Gasteiger partial charge < -0.3 is 15.4 Å². The maximum Gasteiger partial charge on any atom is 0.190 e. The van der Waals surface area contributed by atoms with Crippen molar-refractivity contribution in [2.45, 2.75) is 25.5 Å². The molecular formula is C17H30IN3O3S. The second kappa shape index (κ2) is 14.3. The lowest BCUT2D eigenvalue weighted by molar-refractivity contribution is 0.145. The van der Waals surface area contributed by atoms with Crippen LogP contribution in [0.15, 0.2) is 35.3 Å². The summed E-state index contributed by atoms with van der Waals surface area (Å²) in [5.74, 6) is 0.945. The Balaban J connectivity index is 0.00000576. The van der Waals surface area contributed by atoms with Gasteiger partial charge >= 0.3 is 0 Å². The van der Waals surface area contributed by atoms with E-state index in [0.717, 1.165) is 31.7 Å². The minimum Gasteiger partial charge on any atom is -0.382 e. The van der Waals surface area contributed by atoms with Crippen molar-refractivity contribution in [2.75, 3.05) is 39.1 Å². The van der Waals surface area contributed by atoms with Crippen LogP contribution in [0.5, 0.6) is 0 Å². The first-order valence-corrected chi connectivity index (χ1v) is 10.2. The van der Waals surface area contributed by atoms with Gasteiger partial charge in [-0.15, -0.1) is 24.0 Å². The summed E-state index contributed by atoms with van der Waals surface area (Å²) in [6, 6.07) is 9.27. The van der Waals surface area contributed by atoms with Gasteiger partial charge in [-0.2, -0.15) is 0 Å². The number of nitrogens with zero attached hydrogens (tertiary/aromatic N) is 1. The normalized spacial score (nSPS) is 11.7. The maximum atomic E-state index is 12.1. The zero-order valence-electron chi connectivity index (χ0n) is 15.0. The van der Waals surface area contributed by atoms with Crippen molar-refractivity contribution in [3.05, 3.63) is 35.9 Å². The molecule has 0 radical (unpaired) electrons. The molecule has 0 unspecified atom stereocenters. The Hall–Kier alpha value is -0.870. The molecule has 0 aliphatic rings. The first kappa shape index (κ1) is 24.1. The van der Waals surface area contributed by atoms with Gasteiger partial charge in [-0.25, -0.2) is 8.42 Å². The maximum absolute atomic E-state index is 12.1. The second-order valence-electron chi connectivity index (χ2n) is 5.41. The lowest BCUT2D eigenvalue weighted by Crippen LogP contribution is -2.38. The van der Waals surface area contributed by atoms with Crippen LogP contribution in [0.3, 0.4) is 0 Å². The molecule has 0 saturated heterocycles. The Morgan fingerprint density at radius 1 is 1.12 bits per heavy atom. The lowest BCUT2D eigenvalue weighted by Gasteiger charge is -2.12. The molecule has 0 spiro atoms. The van der Waals surface area contributed by atoms with Crippen LogP contribution in [0.1, 0.15) is 25.3 Å². The van der Waals surface area contributed by atoms with Gasteiger partial charge in [0, 0.05) is 33.4 Å². The highest BCUT2D eigenvalue weighted by molar-refractivity contribution is 14.0. The zero-order valence-corrected chi connectivity index (χ0v) is 18.2. The van der Waals surface area contributed by atoms with Crippen LogP contribution in [0, 0.1) is 0 Å². The number of guanidine groups is 1. The lowest BCUT2D eigenvalue weighted by atomic mass is 10.2. The fourth-order valence-electron chi connectivity index (χ4n) is 2.15. The van der Waals surface area contributed by atoms with Gasteiger partial charge in [-0.05, 0) is 25.3 Å². The van der Waals surface area contributed by atoms with Crippen molar-refractivity contribution in [3.63, 3.8) is 0 Å². The third-order valence-electron chi connectivity index (χ3n) is 3.34. The fraction of sp³-hybridized carbons (Fsp3) is 0.588. The molecule has 8 heteroatoms. The van der Waals surface area contributed by atoms with E-state index in [2.05, 4.69) is 15.6 Å². The van der Waals surface area contributed by atoms with Gasteiger partial charge in [-0.3, -0.25) is 4.99 Å². The van der Waals surface area contributed by atoms with E-state index in [1.807, 2.05) is 37.3 Å². The third kappa shape index (κ3) is 12.2. The van der Waals surface area contributed by atoms with Crippen molar-refractivity contribution in [3.8, 4) is 0 Å². The highest BCUT2D eigenvalue weighted by Crippen LogP contribution is 2.06. The summed E-state index contributed by atoms with van der Waals surface area (Å²) in [6.45, 7) is 4.76. The smallest absolute Gasteiger partial charge is 0.190 e. The quantitative estimate of drug-likeness (QED) is 0.218. The summed E-state index contributed by atoms with van der Waals surface area (Å²) >= 11 is 0. The van der Waals surface area contributed by atoms with E-state index in [-0.39, 0.29) is 35.5 Å². The highest BCUT2D eigenvalue weighted by Gasteiger charge is 2.11. The second-order valence-corrected chi connectivity index (χ2v) is 7.59. The number of hydrogen-bond acceptors (Lipinski definition) is 4. The minimum absolute atomic E-state index is 0. The molecule has 0 aliphatic carbocycles. The van der Waals surface area contributed by atoms with Gasteiger partial charge in [0.1, 0.15) is 0 Å². The van der Waals surface area contributed by atoms with Gasteiger partial charge in [0.05, 0.1) is 11.5 Å². The van der Waals surface area contributed by atoms with Gasteiger partial charge in [-0.1, -0.05) is 30.3 Å². The molecular weight excluding hydrogens is 453 g/mol. The molecule has 1 rings (SSSR count). The van der Waals surface area contributed by atoms with Gasteiger partial charge in [0.2, 0.25) is 0 Å². The van der Waals surface area contributed by atoms with Crippen LogP contribution < -0.4 is 10.6 Å². The summed E-state index contributed by atoms with van der Waals surface area (Å²) in [5.41, 5.74) is 0.831. The average molecular weight is 483 g/mol. The Bertz CT molecular complexity index is 580. The van der Waals surface area contributed by atoms with E-state index in [1.54, 1.807) is 7.05 Å². The van der Waals surface area contributed by atoms with Crippen LogP contribution >= 0.6 is 24.0 Å². The number of hydrogen-bond donors (Lipinski definition) is 2.